The van der Waals surface area contributed by atoms with Crippen molar-refractivity contribution in [1.29, 1.82) is 0 Å². The minimum Gasteiger partial charge on any atom is -0.265 e. The van der Waals surface area contributed by atoms with Crippen molar-refractivity contribution in [2.45, 2.75) is 47.1 Å². The molecule has 2 aromatic heterocycles. The van der Waals surface area contributed by atoms with Gasteiger partial charge in [-0.05, 0) is 49.4 Å². The summed E-state index contributed by atoms with van der Waals surface area (Å²) < 4.78 is 3.36. The van der Waals surface area contributed by atoms with E-state index >= 15 is 0 Å². The van der Waals surface area contributed by atoms with Gasteiger partial charge in [-0.15, -0.1) is 0 Å². The molecule has 0 N–H and O–H groups in total. The maximum atomic E-state index is 13.5. The first-order chi connectivity index (χ1) is 13.9. The van der Waals surface area contributed by atoms with Crippen molar-refractivity contribution >= 4 is 10.9 Å². The molecule has 2 aromatic carbocycles. The summed E-state index contributed by atoms with van der Waals surface area (Å²) >= 11 is 0. The minimum atomic E-state index is -0.119. The number of hydrogen-bond acceptors (Lipinski definition) is 3. The van der Waals surface area contributed by atoms with E-state index in [9.17, 15) is 4.79 Å². The predicted molar refractivity (Wildman–Crippen MR) is 117 cm³/mol. The van der Waals surface area contributed by atoms with E-state index < -0.39 is 0 Å². The fraction of sp³-hybridized carbons (Fsp3) is 0.292. The van der Waals surface area contributed by atoms with Crippen molar-refractivity contribution in [2.24, 2.45) is 0 Å². The van der Waals surface area contributed by atoms with Crippen LogP contribution in [0.4, 0.5) is 0 Å². The number of aryl methyl sites for hydroxylation is 3. The van der Waals surface area contributed by atoms with Crippen LogP contribution in [0.1, 0.15) is 47.7 Å². The summed E-state index contributed by atoms with van der Waals surface area (Å²) in [6.45, 7) is 10.8. The molecule has 2 heterocycles. The van der Waals surface area contributed by atoms with Gasteiger partial charge in [0.25, 0.3) is 5.56 Å². The summed E-state index contributed by atoms with van der Waals surface area (Å²) in [7, 11) is 0. The highest BCUT2D eigenvalue weighted by Gasteiger charge is 2.19. The van der Waals surface area contributed by atoms with Crippen LogP contribution in [0, 0.1) is 20.8 Å². The van der Waals surface area contributed by atoms with Gasteiger partial charge in [0.15, 0.2) is 0 Å². The minimum absolute atomic E-state index is 0.119. The lowest BCUT2D eigenvalue weighted by molar-refractivity contribution is 0.610. The van der Waals surface area contributed by atoms with Crippen LogP contribution in [0.15, 0.2) is 53.5 Å². The number of rotatable bonds is 4. The lowest BCUT2D eigenvalue weighted by atomic mass is 10.1. The largest absolute Gasteiger partial charge is 0.293 e. The molecule has 0 aliphatic heterocycles. The quantitative estimate of drug-likeness (QED) is 0.512. The molecule has 29 heavy (non-hydrogen) atoms. The fourth-order valence-electron chi connectivity index (χ4n) is 3.74. The maximum absolute atomic E-state index is 13.5. The molecular formula is C24H26N4O. The summed E-state index contributed by atoms with van der Waals surface area (Å²) in [4.78, 5) is 13.5. The Labute approximate surface area is 170 Å². The molecule has 0 aliphatic carbocycles. The monoisotopic (exact) mass is 386 g/mol. The van der Waals surface area contributed by atoms with Crippen molar-refractivity contribution < 1.29 is 0 Å². The van der Waals surface area contributed by atoms with Crippen LogP contribution >= 0.6 is 0 Å². The van der Waals surface area contributed by atoms with Gasteiger partial charge in [0.2, 0.25) is 0 Å². The molecule has 5 nitrogen and oxygen atoms in total. The average Bonchev–Trinajstić information content (AvgIpc) is 3.12. The predicted octanol–water partition coefficient (Wildman–Crippen LogP) is 4.68. The summed E-state index contributed by atoms with van der Waals surface area (Å²) in [5.74, 6) is 0.178. The van der Waals surface area contributed by atoms with Crippen LogP contribution in [-0.2, 0) is 6.54 Å². The van der Waals surface area contributed by atoms with Gasteiger partial charge in [0.05, 0.1) is 24.1 Å². The highest BCUT2D eigenvalue weighted by Crippen LogP contribution is 2.24. The maximum Gasteiger partial charge on any atom is 0.293 e. The molecular weight excluding hydrogens is 360 g/mol. The van der Waals surface area contributed by atoms with E-state index in [1.54, 1.807) is 15.6 Å². The van der Waals surface area contributed by atoms with E-state index in [0.717, 1.165) is 33.5 Å². The lowest BCUT2D eigenvalue weighted by Crippen LogP contribution is -2.27. The zero-order chi connectivity index (χ0) is 20.7. The van der Waals surface area contributed by atoms with Crippen LogP contribution in [0.25, 0.3) is 16.6 Å². The Balaban J connectivity index is 1.98. The third-order valence-corrected chi connectivity index (χ3v) is 5.43. The third kappa shape index (κ3) is 3.37. The second-order valence-corrected chi connectivity index (χ2v) is 8.04. The molecule has 0 fully saturated rings. The van der Waals surface area contributed by atoms with Crippen LogP contribution < -0.4 is 5.56 Å². The number of benzene rings is 2. The van der Waals surface area contributed by atoms with E-state index in [1.165, 1.54) is 5.56 Å². The molecule has 0 saturated heterocycles. The van der Waals surface area contributed by atoms with Crippen LogP contribution in [0.3, 0.4) is 0 Å². The standard InChI is InChI=1S/C24H26N4O/c1-15(2)22-20-13-25-28(21-9-7-6-8-18(21)5)23(20)24(29)27(26-22)14-19-12-16(3)10-11-17(19)4/h6-13,15H,14H2,1-5H3. The molecule has 0 unspecified atom stereocenters. The molecule has 0 saturated carbocycles. The summed E-state index contributed by atoms with van der Waals surface area (Å²) in [6, 6.07) is 14.3. The molecule has 0 atom stereocenters. The van der Waals surface area contributed by atoms with Crippen LogP contribution in [-0.4, -0.2) is 19.6 Å². The van der Waals surface area contributed by atoms with E-state index in [2.05, 4.69) is 51.0 Å². The Morgan fingerprint density at radius 3 is 2.48 bits per heavy atom. The molecule has 148 valence electrons. The SMILES string of the molecule is Cc1ccc(C)c(Cn2nc(C(C)C)c3cnn(-c4ccccc4C)c3c2=O)c1. The second-order valence-electron chi connectivity index (χ2n) is 8.04. The number of para-hydroxylation sites is 1. The van der Waals surface area contributed by atoms with E-state index in [4.69, 9.17) is 5.10 Å². The molecule has 4 rings (SSSR count). The number of fused-ring (bicyclic) bond motifs is 1. The topological polar surface area (TPSA) is 52.7 Å². The van der Waals surface area contributed by atoms with E-state index in [1.807, 2.05) is 31.2 Å². The van der Waals surface area contributed by atoms with Crippen molar-refractivity contribution in [3.63, 3.8) is 0 Å². The van der Waals surface area contributed by atoms with Crippen molar-refractivity contribution in [3.8, 4) is 5.69 Å². The van der Waals surface area contributed by atoms with Gasteiger partial charge < -0.3 is 0 Å². The average molecular weight is 386 g/mol. The summed E-state index contributed by atoms with van der Waals surface area (Å²) in [5.41, 5.74) is 6.78. The number of aromatic nitrogens is 4. The van der Waals surface area contributed by atoms with Crippen LogP contribution in [0.2, 0.25) is 0 Å². The summed E-state index contributed by atoms with van der Waals surface area (Å²) in [6.07, 6.45) is 1.77. The Hall–Kier alpha value is -3.21. The zero-order valence-corrected chi connectivity index (χ0v) is 17.6. The number of hydrogen-bond donors (Lipinski definition) is 0. The fourth-order valence-corrected chi connectivity index (χ4v) is 3.74. The van der Waals surface area contributed by atoms with Crippen LogP contribution in [0.5, 0.6) is 0 Å². The highest BCUT2D eigenvalue weighted by atomic mass is 16.1. The van der Waals surface area contributed by atoms with E-state index in [-0.39, 0.29) is 11.5 Å². The van der Waals surface area contributed by atoms with Gasteiger partial charge in [-0.3, -0.25) is 4.79 Å². The van der Waals surface area contributed by atoms with Gasteiger partial charge in [-0.25, -0.2) is 9.36 Å². The zero-order valence-electron chi connectivity index (χ0n) is 17.6. The first-order valence-electron chi connectivity index (χ1n) is 9.97. The van der Waals surface area contributed by atoms with Crippen molar-refractivity contribution in [1.82, 2.24) is 19.6 Å². The van der Waals surface area contributed by atoms with Gasteiger partial charge in [0, 0.05) is 5.39 Å². The first kappa shape index (κ1) is 19.1. The van der Waals surface area contributed by atoms with Crippen molar-refractivity contribution in [3.05, 3.63) is 87.0 Å². The molecule has 0 spiro atoms. The molecule has 0 aliphatic rings. The van der Waals surface area contributed by atoms with E-state index in [0.29, 0.717) is 12.1 Å². The first-order valence-corrected chi connectivity index (χ1v) is 9.97. The Morgan fingerprint density at radius 1 is 1.00 bits per heavy atom. The smallest absolute Gasteiger partial charge is 0.265 e. The Bertz CT molecular complexity index is 1260. The Morgan fingerprint density at radius 2 is 1.76 bits per heavy atom. The Kier molecular flexibility index (Phi) is 4.82. The number of nitrogens with zero attached hydrogens (tertiary/aromatic N) is 4. The molecule has 5 heteroatoms. The third-order valence-electron chi connectivity index (χ3n) is 5.43. The van der Waals surface area contributed by atoms with Gasteiger partial charge in [-0.2, -0.15) is 10.2 Å². The van der Waals surface area contributed by atoms with Gasteiger partial charge >= 0.3 is 0 Å². The summed E-state index contributed by atoms with van der Waals surface area (Å²) in [5, 5.41) is 10.1. The molecule has 0 amide bonds. The lowest BCUT2D eigenvalue weighted by Gasteiger charge is -2.14. The highest BCUT2D eigenvalue weighted by molar-refractivity contribution is 5.82. The molecule has 4 aromatic rings. The van der Waals surface area contributed by atoms with Gasteiger partial charge in [-0.1, -0.05) is 55.8 Å². The molecule has 0 bridgehead atoms. The van der Waals surface area contributed by atoms with Crippen molar-refractivity contribution in [2.75, 3.05) is 0 Å². The van der Waals surface area contributed by atoms with Gasteiger partial charge in [0.1, 0.15) is 5.52 Å². The molecule has 0 radical (unpaired) electrons. The normalized spacial score (nSPS) is 11.5. The second kappa shape index (κ2) is 7.32.